The molecule has 0 aliphatic heterocycles. The Balaban J connectivity index is 1.89. The number of H-pyrrole nitrogens is 1. The summed E-state index contributed by atoms with van der Waals surface area (Å²) in [5.74, 6) is 0. The van der Waals surface area contributed by atoms with Crippen LogP contribution in [0.25, 0.3) is 28.2 Å². The maximum Gasteiger partial charge on any atom is 0.155 e. The Kier molecular flexibility index (Phi) is 2.94. The summed E-state index contributed by atoms with van der Waals surface area (Å²) in [4.78, 5) is 8.79. The Hall–Kier alpha value is -2.99. The summed E-state index contributed by atoms with van der Waals surface area (Å²) in [6, 6.07) is 7.78. The fourth-order valence-corrected chi connectivity index (χ4v) is 2.47. The lowest BCUT2D eigenvalue weighted by atomic mass is 10.1. The second kappa shape index (κ2) is 5.09. The van der Waals surface area contributed by atoms with Crippen LogP contribution in [0, 0.1) is 0 Å². The molecule has 0 fully saturated rings. The summed E-state index contributed by atoms with van der Waals surface area (Å²) < 4.78 is 1.99. The van der Waals surface area contributed by atoms with Gasteiger partial charge in [0.1, 0.15) is 0 Å². The predicted octanol–water partition coefficient (Wildman–Crippen LogP) is 2.28. The number of imidazole rings is 1. The first-order chi connectivity index (χ1) is 10.8. The lowest BCUT2D eigenvalue weighted by Gasteiger charge is -2.05. The minimum Gasteiger partial charge on any atom is -0.392 e. The van der Waals surface area contributed by atoms with Crippen molar-refractivity contribution in [3.05, 3.63) is 60.8 Å². The van der Waals surface area contributed by atoms with Gasteiger partial charge in [-0.1, -0.05) is 18.2 Å². The van der Waals surface area contributed by atoms with Gasteiger partial charge < -0.3 is 5.11 Å². The zero-order valence-electron chi connectivity index (χ0n) is 11.6. The molecule has 0 spiro atoms. The highest BCUT2D eigenvalue weighted by Crippen LogP contribution is 2.24. The highest BCUT2D eigenvalue weighted by molar-refractivity contribution is 5.66. The number of rotatable bonds is 3. The van der Waals surface area contributed by atoms with Crippen molar-refractivity contribution in [2.24, 2.45) is 0 Å². The molecule has 2 N–H and O–H groups in total. The van der Waals surface area contributed by atoms with E-state index in [1.54, 1.807) is 18.6 Å². The molecule has 0 atom stereocenters. The van der Waals surface area contributed by atoms with Crippen LogP contribution < -0.4 is 0 Å². The molecule has 4 aromatic rings. The van der Waals surface area contributed by atoms with Gasteiger partial charge in [0.25, 0.3) is 0 Å². The largest absolute Gasteiger partial charge is 0.392 e. The third kappa shape index (κ3) is 2.06. The molecule has 1 aromatic carbocycles. The summed E-state index contributed by atoms with van der Waals surface area (Å²) in [7, 11) is 0. The van der Waals surface area contributed by atoms with E-state index in [2.05, 4.69) is 20.2 Å². The fraction of sp³-hybridized carbons (Fsp3) is 0.0625. The Bertz CT molecular complexity index is 927. The average molecular weight is 291 g/mol. The van der Waals surface area contributed by atoms with Crippen molar-refractivity contribution in [2.75, 3.05) is 0 Å². The summed E-state index contributed by atoms with van der Waals surface area (Å²) in [6.45, 7) is 0.0202. The molecule has 6 heteroatoms. The number of aliphatic hydroxyl groups is 1. The van der Waals surface area contributed by atoms with E-state index in [0.717, 1.165) is 33.7 Å². The van der Waals surface area contributed by atoms with Crippen LogP contribution in [0.4, 0.5) is 0 Å². The average Bonchev–Trinajstić information content (AvgIpc) is 3.23. The van der Waals surface area contributed by atoms with E-state index in [0.29, 0.717) is 0 Å². The number of hydrogen-bond donors (Lipinski definition) is 2. The lowest BCUT2D eigenvalue weighted by Crippen LogP contribution is -1.93. The number of nitrogens with one attached hydrogen (secondary N) is 1. The van der Waals surface area contributed by atoms with E-state index in [4.69, 9.17) is 0 Å². The van der Waals surface area contributed by atoms with Gasteiger partial charge in [-0.15, -0.1) is 0 Å². The summed E-state index contributed by atoms with van der Waals surface area (Å²) in [5, 5.41) is 16.0. The van der Waals surface area contributed by atoms with Crippen molar-refractivity contribution in [1.82, 2.24) is 24.6 Å². The smallest absolute Gasteiger partial charge is 0.155 e. The molecular weight excluding hydrogens is 278 g/mol. The van der Waals surface area contributed by atoms with Gasteiger partial charge in [-0.3, -0.25) is 14.5 Å². The molecule has 0 radical (unpaired) electrons. The zero-order valence-corrected chi connectivity index (χ0v) is 11.6. The van der Waals surface area contributed by atoms with Gasteiger partial charge in [-0.25, -0.2) is 4.98 Å². The quantitative estimate of drug-likeness (QED) is 0.607. The maximum absolute atomic E-state index is 9.30. The van der Waals surface area contributed by atoms with Gasteiger partial charge in [0.2, 0.25) is 0 Å². The Morgan fingerprint density at radius 1 is 1.09 bits per heavy atom. The zero-order chi connectivity index (χ0) is 14.9. The maximum atomic E-state index is 9.30. The number of aliphatic hydroxyl groups excluding tert-OH is 1. The first kappa shape index (κ1) is 12.7. The van der Waals surface area contributed by atoms with E-state index >= 15 is 0 Å². The Labute approximate surface area is 126 Å². The second-order valence-electron chi connectivity index (χ2n) is 4.99. The number of aromatic nitrogens is 5. The summed E-state index contributed by atoms with van der Waals surface area (Å²) in [5.41, 5.74) is 5.35. The fourth-order valence-electron chi connectivity index (χ4n) is 2.47. The van der Waals surface area contributed by atoms with E-state index < -0.39 is 0 Å². The lowest BCUT2D eigenvalue weighted by molar-refractivity contribution is 0.282. The molecule has 3 aromatic heterocycles. The molecule has 0 aliphatic rings. The Morgan fingerprint density at radius 3 is 2.86 bits per heavy atom. The first-order valence-corrected chi connectivity index (χ1v) is 6.87. The van der Waals surface area contributed by atoms with Crippen LogP contribution in [-0.2, 0) is 6.61 Å². The second-order valence-corrected chi connectivity index (χ2v) is 4.99. The van der Waals surface area contributed by atoms with E-state index in [-0.39, 0.29) is 6.61 Å². The van der Waals surface area contributed by atoms with Gasteiger partial charge in [-0.2, -0.15) is 5.10 Å². The van der Waals surface area contributed by atoms with Crippen LogP contribution in [0.2, 0.25) is 0 Å². The minimum atomic E-state index is 0.0202. The molecule has 6 nitrogen and oxygen atoms in total. The summed E-state index contributed by atoms with van der Waals surface area (Å²) >= 11 is 0. The number of benzene rings is 1. The van der Waals surface area contributed by atoms with E-state index in [1.807, 2.05) is 41.1 Å². The molecule has 4 rings (SSSR count). The van der Waals surface area contributed by atoms with Crippen LogP contribution in [0.15, 0.2) is 55.2 Å². The number of fused-ring (bicyclic) bond motifs is 1. The molecule has 108 valence electrons. The van der Waals surface area contributed by atoms with Crippen molar-refractivity contribution in [3.8, 4) is 22.5 Å². The van der Waals surface area contributed by atoms with Crippen LogP contribution in [0.3, 0.4) is 0 Å². The van der Waals surface area contributed by atoms with Crippen LogP contribution in [0.5, 0.6) is 0 Å². The van der Waals surface area contributed by atoms with E-state index in [9.17, 15) is 5.11 Å². The molecule has 0 saturated heterocycles. The molecular formula is C16H13N5O. The van der Waals surface area contributed by atoms with Crippen LogP contribution in [-0.4, -0.2) is 29.7 Å². The van der Waals surface area contributed by atoms with Gasteiger partial charge in [0.15, 0.2) is 5.65 Å². The molecule has 0 bridgehead atoms. The topological polar surface area (TPSA) is 79.1 Å². The SMILES string of the molecule is OCc1cccc(-c2cnc3cnc(-c4cn[nH]c4)cn23)c1. The molecule has 0 saturated carbocycles. The van der Waals surface area contributed by atoms with Crippen molar-refractivity contribution >= 4 is 5.65 Å². The number of hydrogen-bond acceptors (Lipinski definition) is 4. The molecule has 22 heavy (non-hydrogen) atoms. The van der Waals surface area contributed by atoms with Crippen molar-refractivity contribution in [1.29, 1.82) is 0 Å². The predicted molar refractivity (Wildman–Crippen MR) is 81.9 cm³/mol. The van der Waals surface area contributed by atoms with Gasteiger partial charge in [0.05, 0.1) is 36.6 Å². The number of nitrogens with zero attached hydrogens (tertiary/aromatic N) is 4. The van der Waals surface area contributed by atoms with Crippen molar-refractivity contribution in [3.63, 3.8) is 0 Å². The summed E-state index contributed by atoms with van der Waals surface area (Å²) in [6.07, 6.45) is 9.02. The highest BCUT2D eigenvalue weighted by atomic mass is 16.3. The first-order valence-electron chi connectivity index (χ1n) is 6.87. The van der Waals surface area contributed by atoms with Crippen molar-refractivity contribution in [2.45, 2.75) is 6.61 Å². The van der Waals surface area contributed by atoms with Gasteiger partial charge in [-0.05, 0) is 11.6 Å². The van der Waals surface area contributed by atoms with Gasteiger partial charge in [0, 0.05) is 23.5 Å². The monoisotopic (exact) mass is 291 g/mol. The normalized spacial score (nSPS) is 11.1. The molecule has 0 aliphatic carbocycles. The van der Waals surface area contributed by atoms with E-state index in [1.165, 1.54) is 0 Å². The standard InChI is InChI=1S/C16H13N5O/c22-10-11-2-1-3-12(4-11)15-7-18-16-8-17-14(9-21(15)16)13-5-19-20-6-13/h1-9,22H,10H2,(H,19,20). The molecule has 0 unspecified atom stereocenters. The molecule has 3 heterocycles. The molecule has 0 amide bonds. The number of aromatic amines is 1. The van der Waals surface area contributed by atoms with Crippen LogP contribution >= 0.6 is 0 Å². The van der Waals surface area contributed by atoms with Crippen molar-refractivity contribution < 1.29 is 5.11 Å². The third-order valence-electron chi connectivity index (χ3n) is 3.60. The van der Waals surface area contributed by atoms with Crippen LogP contribution in [0.1, 0.15) is 5.56 Å². The minimum absolute atomic E-state index is 0.0202. The Morgan fingerprint density at radius 2 is 2.05 bits per heavy atom. The van der Waals surface area contributed by atoms with Gasteiger partial charge >= 0.3 is 0 Å². The highest BCUT2D eigenvalue weighted by Gasteiger charge is 2.09. The third-order valence-corrected chi connectivity index (χ3v) is 3.60.